The van der Waals surface area contributed by atoms with Crippen molar-refractivity contribution >= 4 is 5.97 Å². The highest BCUT2D eigenvalue weighted by atomic mass is 16.5. The van der Waals surface area contributed by atoms with Gasteiger partial charge in [0.2, 0.25) is 0 Å². The Morgan fingerprint density at radius 2 is 1.86 bits per heavy atom. The molecule has 2 N–H and O–H groups in total. The Bertz CT molecular complexity index is 248. The molecule has 82 valence electrons. The van der Waals surface area contributed by atoms with Gasteiger partial charge in [-0.05, 0) is 25.7 Å². The number of carbonyl (C=O) groups is 1. The van der Waals surface area contributed by atoms with Crippen molar-refractivity contribution in [3.05, 3.63) is 0 Å². The number of piperidine rings is 1. The van der Waals surface area contributed by atoms with E-state index >= 15 is 0 Å². The van der Waals surface area contributed by atoms with E-state index in [9.17, 15) is 10.0 Å². The van der Waals surface area contributed by atoms with E-state index in [1.807, 2.05) is 13.8 Å². The summed E-state index contributed by atoms with van der Waals surface area (Å²) in [5, 5.41) is 20.0. The molecule has 0 amide bonds. The molecule has 1 aliphatic heterocycles. The zero-order valence-corrected chi connectivity index (χ0v) is 9.24. The first-order valence-corrected chi connectivity index (χ1v) is 4.86. The van der Waals surface area contributed by atoms with Gasteiger partial charge in [0.25, 0.3) is 0 Å². The van der Waals surface area contributed by atoms with Crippen molar-refractivity contribution in [2.45, 2.75) is 39.7 Å². The second-order valence-corrected chi connectivity index (χ2v) is 5.47. The molecule has 0 spiro atoms. The highest BCUT2D eigenvalue weighted by molar-refractivity contribution is 5.72. The van der Waals surface area contributed by atoms with Gasteiger partial charge in [0.1, 0.15) is 0 Å². The Hall–Kier alpha value is -0.610. The molecule has 1 atom stereocenters. The molecule has 14 heavy (non-hydrogen) atoms. The first-order valence-electron chi connectivity index (χ1n) is 4.86. The average molecular weight is 201 g/mol. The Labute approximate surface area is 84.5 Å². The van der Waals surface area contributed by atoms with Crippen LogP contribution in [0.4, 0.5) is 0 Å². The second kappa shape index (κ2) is 3.21. The highest BCUT2D eigenvalue weighted by Crippen LogP contribution is 2.40. The molecule has 4 heteroatoms. The van der Waals surface area contributed by atoms with Crippen molar-refractivity contribution in [2.24, 2.45) is 11.3 Å². The summed E-state index contributed by atoms with van der Waals surface area (Å²) in [6.45, 7) is 7.99. The molecular formula is C10H19NO3. The van der Waals surface area contributed by atoms with Crippen LogP contribution in [0.5, 0.6) is 0 Å². The lowest BCUT2D eigenvalue weighted by Crippen LogP contribution is -2.58. The van der Waals surface area contributed by atoms with Gasteiger partial charge >= 0.3 is 5.97 Å². The van der Waals surface area contributed by atoms with E-state index in [0.717, 1.165) is 5.06 Å². The Kier molecular flexibility index (Phi) is 2.63. The second-order valence-electron chi connectivity index (χ2n) is 5.47. The van der Waals surface area contributed by atoms with E-state index in [0.29, 0.717) is 13.0 Å². The third-order valence-corrected chi connectivity index (χ3v) is 3.15. The number of aliphatic carboxylic acids is 1. The predicted molar refractivity (Wildman–Crippen MR) is 52.1 cm³/mol. The van der Waals surface area contributed by atoms with E-state index in [1.165, 1.54) is 0 Å². The van der Waals surface area contributed by atoms with Crippen LogP contribution in [0.2, 0.25) is 0 Å². The number of nitrogens with zero attached hydrogens (tertiary/aromatic N) is 1. The third kappa shape index (κ3) is 1.91. The number of carboxylic acid groups (broad SMARTS) is 1. The van der Waals surface area contributed by atoms with E-state index in [4.69, 9.17) is 5.11 Å². The van der Waals surface area contributed by atoms with E-state index in [1.54, 1.807) is 13.8 Å². The minimum atomic E-state index is -0.832. The van der Waals surface area contributed by atoms with Gasteiger partial charge in [0, 0.05) is 6.54 Å². The molecule has 1 saturated heterocycles. The fraction of sp³-hybridized carbons (Fsp3) is 0.900. The predicted octanol–water partition coefficient (Wildman–Crippen LogP) is 1.59. The van der Waals surface area contributed by atoms with Gasteiger partial charge in [-0.2, -0.15) is 5.06 Å². The van der Waals surface area contributed by atoms with Crippen molar-refractivity contribution < 1.29 is 15.1 Å². The van der Waals surface area contributed by atoms with Crippen LogP contribution in [0.15, 0.2) is 0 Å². The van der Waals surface area contributed by atoms with Crippen molar-refractivity contribution in [1.82, 2.24) is 5.06 Å². The summed E-state index contributed by atoms with van der Waals surface area (Å²) < 4.78 is 0. The number of hydrogen-bond acceptors (Lipinski definition) is 3. The molecule has 1 aliphatic rings. The van der Waals surface area contributed by atoms with Crippen LogP contribution in [-0.2, 0) is 4.79 Å². The summed E-state index contributed by atoms with van der Waals surface area (Å²) in [6, 6.07) is 0. The van der Waals surface area contributed by atoms with Gasteiger partial charge in [-0.25, -0.2) is 0 Å². The topological polar surface area (TPSA) is 60.8 Å². The zero-order valence-electron chi connectivity index (χ0n) is 9.24. The smallest absolute Gasteiger partial charge is 0.308 e. The summed E-state index contributed by atoms with van der Waals surface area (Å²) in [6.07, 6.45) is 0.604. The molecule has 1 rings (SSSR count). The Balaban J connectivity index is 2.95. The summed E-state index contributed by atoms with van der Waals surface area (Å²) >= 11 is 0. The number of rotatable bonds is 1. The van der Waals surface area contributed by atoms with Crippen LogP contribution in [-0.4, -0.2) is 33.4 Å². The molecule has 1 heterocycles. The SMILES string of the molecule is CC1(C)CC(C(=O)O)C(C)(C)N(O)C1. The fourth-order valence-corrected chi connectivity index (χ4v) is 2.05. The van der Waals surface area contributed by atoms with Crippen molar-refractivity contribution in [3.63, 3.8) is 0 Å². The van der Waals surface area contributed by atoms with E-state index in [-0.39, 0.29) is 5.41 Å². The molecule has 4 nitrogen and oxygen atoms in total. The fourth-order valence-electron chi connectivity index (χ4n) is 2.05. The molecule has 1 unspecified atom stereocenters. The lowest BCUT2D eigenvalue weighted by molar-refractivity contribution is -0.227. The molecular weight excluding hydrogens is 182 g/mol. The van der Waals surface area contributed by atoms with Crippen molar-refractivity contribution in [3.8, 4) is 0 Å². The first kappa shape index (κ1) is 11.5. The van der Waals surface area contributed by atoms with Gasteiger partial charge in [-0.3, -0.25) is 4.79 Å². The summed E-state index contributed by atoms with van der Waals surface area (Å²) in [5.41, 5.74) is -0.825. The highest BCUT2D eigenvalue weighted by Gasteiger charge is 2.48. The molecule has 0 aromatic heterocycles. The molecule has 0 bridgehead atoms. The average Bonchev–Trinajstić information content (AvgIpc) is 1.96. The van der Waals surface area contributed by atoms with Crippen LogP contribution in [0.3, 0.4) is 0 Å². The van der Waals surface area contributed by atoms with Crippen LogP contribution in [0.25, 0.3) is 0 Å². The Morgan fingerprint density at radius 3 is 2.29 bits per heavy atom. The lowest BCUT2D eigenvalue weighted by Gasteiger charge is -2.48. The summed E-state index contributed by atoms with van der Waals surface area (Å²) in [7, 11) is 0. The number of hydrogen-bond donors (Lipinski definition) is 2. The molecule has 0 aromatic rings. The summed E-state index contributed by atoms with van der Waals surface area (Å²) in [4.78, 5) is 11.1. The van der Waals surface area contributed by atoms with E-state index < -0.39 is 17.4 Å². The molecule has 1 fully saturated rings. The van der Waals surface area contributed by atoms with Crippen molar-refractivity contribution in [1.29, 1.82) is 0 Å². The first-order chi connectivity index (χ1) is 6.17. The molecule has 0 radical (unpaired) electrons. The minimum absolute atomic E-state index is 0.146. The molecule has 0 aromatic carbocycles. The Morgan fingerprint density at radius 1 is 1.36 bits per heavy atom. The molecule has 0 aliphatic carbocycles. The van der Waals surface area contributed by atoms with Gasteiger partial charge in [-0.1, -0.05) is 13.8 Å². The molecule has 0 saturated carbocycles. The normalized spacial score (nSPS) is 31.4. The standard InChI is InChI=1S/C10H19NO3/c1-9(2)5-7(8(12)13)10(3,4)11(14)6-9/h7,14H,5-6H2,1-4H3,(H,12,13). The third-order valence-electron chi connectivity index (χ3n) is 3.15. The maximum atomic E-state index is 11.1. The van der Waals surface area contributed by atoms with Gasteiger partial charge < -0.3 is 10.3 Å². The van der Waals surface area contributed by atoms with Gasteiger partial charge in [0.15, 0.2) is 0 Å². The number of carboxylic acids is 1. The number of hydroxylamine groups is 2. The maximum Gasteiger partial charge on any atom is 0.308 e. The minimum Gasteiger partial charge on any atom is -0.481 e. The monoisotopic (exact) mass is 201 g/mol. The largest absolute Gasteiger partial charge is 0.481 e. The maximum absolute atomic E-state index is 11.1. The summed E-state index contributed by atoms with van der Waals surface area (Å²) in [5.74, 6) is -1.35. The lowest BCUT2D eigenvalue weighted by atomic mass is 9.70. The van der Waals surface area contributed by atoms with Crippen LogP contribution < -0.4 is 0 Å². The van der Waals surface area contributed by atoms with Gasteiger partial charge in [0.05, 0.1) is 11.5 Å². The van der Waals surface area contributed by atoms with Crippen LogP contribution in [0.1, 0.15) is 34.1 Å². The van der Waals surface area contributed by atoms with Crippen molar-refractivity contribution in [2.75, 3.05) is 6.54 Å². The van der Waals surface area contributed by atoms with Gasteiger partial charge in [-0.15, -0.1) is 0 Å². The zero-order chi connectivity index (χ0) is 11.1. The van der Waals surface area contributed by atoms with Crippen LogP contribution >= 0.6 is 0 Å². The van der Waals surface area contributed by atoms with E-state index in [2.05, 4.69) is 0 Å². The quantitative estimate of drug-likeness (QED) is 0.676. The van der Waals surface area contributed by atoms with Crippen LogP contribution in [0, 0.1) is 11.3 Å².